The molecule has 5 heteroatoms. The molecule has 0 amide bonds. The van der Waals surface area contributed by atoms with Gasteiger partial charge in [-0.2, -0.15) is 0 Å². The van der Waals surface area contributed by atoms with E-state index in [0.717, 1.165) is 43.9 Å². The van der Waals surface area contributed by atoms with Crippen LogP contribution in [0.25, 0.3) is 0 Å². The lowest BCUT2D eigenvalue weighted by atomic mass is 9.95. The third-order valence-electron chi connectivity index (χ3n) is 3.96. The monoisotopic (exact) mass is 222 g/mol. The molecule has 5 nitrogen and oxygen atoms in total. The Bertz CT molecular complexity index is 378. The average Bonchev–Trinajstić information content (AvgIpc) is 2.90. The summed E-state index contributed by atoms with van der Waals surface area (Å²) in [6.45, 7) is 8.41. The molecule has 1 aromatic rings. The van der Waals surface area contributed by atoms with Crippen molar-refractivity contribution in [3.8, 4) is 0 Å². The molecule has 1 N–H and O–H groups in total. The van der Waals surface area contributed by atoms with Crippen LogP contribution in [0.5, 0.6) is 0 Å². The van der Waals surface area contributed by atoms with Crippen molar-refractivity contribution in [2.45, 2.75) is 26.4 Å². The van der Waals surface area contributed by atoms with Gasteiger partial charge in [-0.25, -0.2) is 0 Å². The van der Waals surface area contributed by atoms with E-state index in [1.54, 1.807) is 0 Å². The Morgan fingerprint density at radius 2 is 2.31 bits per heavy atom. The summed E-state index contributed by atoms with van der Waals surface area (Å²) in [5, 5.41) is 11.4. The first-order chi connectivity index (χ1) is 7.74. The molecule has 2 aliphatic rings. The lowest BCUT2D eigenvalue weighted by Gasteiger charge is -2.22. The van der Waals surface area contributed by atoms with E-state index in [9.17, 15) is 0 Å². The number of hydrogen-bond acceptors (Lipinski definition) is 5. The van der Waals surface area contributed by atoms with E-state index >= 15 is 0 Å². The lowest BCUT2D eigenvalue weighted by Crippen LogP contribution is -2.32. The van der Waals surface area contributed by atoms with Gasteiger partial charge in [0.25, 0.3) is 0 Å². The molecule has 2 fully saturated rings. The first kappa shape index (κ1) is 10.2. The number of nitrogens with one attached hydrogen (secondary N) is 1. The summed E-state index contributed by atoms with van der Waals surface area (Å²) in [4.78, 5) is 2.46. The number of aryl methyl sites for hydroxylation is 1. The zero-order valence-corrected chi connectivity index (χ0v) is 9.81. The standard InChI is InChI=1S/C11H18N4O/c1-7-10-4-12-3-9(10)5-15(7)6-11-14-13-8(2)16-11/h7,9-10,12H,3-6H2,1-2H3. The van der Waals surface area contributed by atoms with Crippen molar-refractivity contribution in [3.05, 3.63) is 11.8 Å². The molecule has 3 unspecified atom stereocenters. The summed E-state index contributed by atoms with van der Waals surface area (Å²) < 4.78 is 5.44. The topological polar surface area (TPSA) is 54.2 Å². The van der Waals surface area contributed by atoms with Gasteiger partial charge in [-0.1, -0.05) is 0 Å². The first-order valence-electron chi connectivity index (χ1n) is 5.98. The van der Waals surface area contributed by atoms with Gasteiger partial charge < -0.3 is 9.73 Å². The Balaban J connectivity index is 1.68. The number of hydrogen-bond donors (Lipinski definition) is 1. The van der Waals surface area contributed by atoms with Crippen LogP contribution in [-0.4, -0.2) is 40.8 Å². The molecule has 1 aromatic heterocycles. The molecular formula is C11H18N4O. The fourth-order valence-corrected chi connectivity index (χ4v) is 3.04. The summed E-state index contributed by atoms with van der Waals surface area (Å²) in [6, 6.07) is 0.618. The molecule has 16 heavy (non-hydrogen) atoms. The highest BCUT2D eigenvalue weighted by molar-refractivity contribution is 4.97. The number of aromatic nitrogens is 2. The first-order valence-corrected chi connectivity index (χ1v) is 5.98. The van der Waals surface area contributed by atoms with Gasteiger partial charge in [0.2, 0.25) is 11.8 Å². The normalized spacial score (nSPS) is 34.5. The maximum Gasteiger partial charge on any atom is 0.230 e. The van der Waals surface area contributed by atoms with Gasteiger partial charge in [0, 0.05) is 19.5 Å². The third kappa shape index (κ3) is 1.64. The van der Waals surface area contributed by atoms with Crippen LogP contribution in [0.3, 0.4) is 0 Å². The molecule has 3 heterocycles. The molecule has 3 atom stereocenters. The van der Waals surface area contributed by atoms with Crippen LogP contribution in [0, 0.1) is 18.8 Å². The van der Waals surface area contributed by atoms with Gasteiger partial charge in [-0.3, -0.25) is 4.90 Å². The molecule has 0 bridgehead atoms. The molecule has 0 spiro atoms. The molecular weight excluding hydrogens is 204 g/mol. The van der Waals surface area contributed by atoms with Crippen LogP contribution in [0.1, 0.15) is 18.7 Å². The molecule has 0 saturated carbocycles. The highest BCUT2D eigenvalue weighted by Gasteiger charge is 2.41. The van der Waals surface area contributed by atoms with Crippen LogP contribution in [0.15, 0.2) is 4.42 Å². The van der Waals surface area contributed by atoms with Gasteiger partial charge in [-0.15, -0.1) is 10.2 Å². The van der Waals surface area contributed by atoms with Crippen LogP contribution in [0.4, 0.5) is 0 Å². The zero-order chi connectivity index (χ0) is 11.1. The highest BCUT2D eigenvalue weighted by Crippen LogP contribution is 2.32. The van der Waals surface area contributed by atoms with E-state index in [1.165, 1.54) is 0 Å². The van der Waals surface area contributed by atoms with Crippen LogP contribution in [-0.2, 0) is 6.54 Å². The molecule has 3 rings (SSSR count). The molecule has 0 aromatic carbocycles. The summed E-state index contributed by atoms with van der Waals surface area (Å²) in [7, 11) is 0. The molecule has 2 aliphatic heterocycles. The highest BCUT2D eigenvalue weighted by atomic mass is 16.4. The second-order valence-electron chi connectivity index (χ2n) is 4.97. The molecule has 88 valence electrons. The summed E-state index contributed by atoms with van der Waals surface area (Å²) in [6.07, 6.45) is 0. The second-order valence-corrected chi connectivity index (χ2v) is 4.97. The predicted octanol–water partition coefficient (Wildman–Crippen LogP) is 0.418. The maximum absolute atomic E-state index is 5.44. The Hall–Kier alpha value is -0.940. The van der Waals surface area contributed by atoms with Crippen LogP contribution >= 0.6 is 0 Å². The van der Waals surface area contributed by atoms with Crippen LogP contribution < -0.4 is 5.32 Å². The second kappa shape index (κ2) is 3.82. The number of fused-ring (bicyclic) bond motifs is 1. The number of likely N-dealkylation sites (tertiary alicyclic amines) is 1. The van der Waals surface area contributed by atoms with Crippen molar-refractivity contribution >= 4 is 0 Å². The summed E-state index contributed by atoms with van der Waals surface area (Å²) >= 11 is 0. The predicted molar refractivity (Wildman–Crippen MR) is 58.8 cm³/mol. The van der Waals surface area contributed by atoms with E-state index < -0.39 is 0 Å². The molecule has 0 radical (unpaired) electrons. The van der Waals surface area contributed by atoms with Crippen molar-refractivity contribution in [1.82, 2.24) is 20.4 Å². The number of rotatable bonds is 2. The minimum Gasteiger partial charge on any atom is -0.424 e. The van der Waals surface area contributed by atoms with Gasteiger partial charge in [0.15, 0.2) is 0 Å². The molecule has 2 saturated heterocycles. The van der Waals surface area contributed by atoms with Crippen LogP contribution in [0.2, 0.25) is 0 Å². The summed E-state index contributed by atoms with van der Waals surface area (Å²) in [5.41, 5.74) is 0. The number of nitrogens with zero attached hydrogens (tertiary/aromatic N) is 3. The largest absolute Gasteiger partial charge is 0.424 e. The fourth-order valence-electron chi connectivity index (χ4n) is 3.04. The van der Waals surface area contributed by atoms with E-state index in [2.05, 4.69) is 27.3 Å². The maximum atomic E-state index is 5.44. The van der Waals surface area contributed by atoms with Crippen molar-refractivity contribution in [1.29, 1.82) is 0 Å². The lowest BCUT2D eigenvalue weighted by molar-refractivity contribution is 0.209. The Kier molecular flexibility index (Phi) is 2.44. The van der Waals surface area contributed by atoms with Crippen molar-refractivity contribution in [2.24, 2.45) is 11.8 Å². The van der Waals surface area contributed by atoms with E-state index in [-0.39, 0.29) is 0 Å². The molecule has 0 aliphatic carbocycles. The van der Waals surface area contributed by atoms with Gasteiger partial charge in [0.05, 0.1) is 6.54 Å². The van der Waals surface area contributed by atoms with Crippen molar-refractivity contribution < 1.29 is 4.42 Å². The quantitative estimate of drug-likeness (QED) is 0.786. The van der Waals surface area contributed by atoms with E-state index in [4.69, 9.17) is 4.42 Å². The Morgan fingerprint density at radius 1 is 1.44 bits per heavy atom. The van der Waals surface area contributed by atoms with E-state index in [0.29, 0.717) is 11.9 Å². The fraction of sp³-hybridized carbons (Fsp3) is 0.818. The van der Waals surface area contributed by atoms with Gasteiger partial charge >= 0.3 is 0 Å². The van der Waals surface area contributed by atoms with Crippen molar-refractivity contribution in [3.63, 3.8) is 0 Å². The SMILES string of the molecule is Cc1nnc(CN2CC3CNCC3C2C)o1. The zero-order valence-electron chi connectivity index (χ0n) is 9.81. The average molecular weight is 222 g/mol. The third-order valence-corrected chi connectivity index (χ3v) is 3.96. The minimum absolute atomic E-state index is 0.618. The minimum atomic E-state index is 0.618. The van der Waals surface area contributed by atoms with Gasteiger partial charge in [0.1, 0.15) is 0 Å². The smallest absolute Gasteiger partial charge is 0.230 e. The van der Waals surface area contributed by atoms with Crippen molar-refractivity contribution in [2.75, 3.05) is 19.6 Å². The Morgan fingerprint density at radius 3 is 3.00 bits per heavy atom. The van der Waals surface area contributed by atoms with E-state index in [1.807, 2.05) is 6.92 Å². The Labute approximate surface area is 95.2 Å². The summed E-state index contributed by atoms with van der Waals surface area (Å²) in [5.74, 6) is 3.00. The van der Waals surface area contributed by atoms with Gasteiger partial charge in [-0.05, 0) is 31.8 Å².